The minimum Gasteiger partial charge on any atom is -0.390 e. The Morgan fingerprint density at radius 1 is 1.04 bits per heavy atom. The first-order chi connectivity index (χ1) is 10.2. The number of fused-ring (bicyclic) bond motifs is 1. The summed E-state index contributed by atoms with van der Waals surface area (Å²) in [7, 11) is 0. The Bertz CT molecular complexity index is 722. The highest BCUT2D eigenvalue weighted by atomic mass is 35.5. The van der Waals surface area contributed by atoms with E-state index in [1.54, 1.807) is 4.68 Å². The quantitative estimate of drug-likeness (QED) is 0.735. The number of para-hydroxylation sites is 1. The number of aliphatic hydroxyl groups excluding tert-OH is 1. The van der Waals surface area contributed by atoms with Gasteiger partial charge in [0.05, 0.1) is 18.2 Å². The minimum atomic E-state index is -0.671. The lowest BCUT2D eigenvalue weighted by molar-refractivity contribution is 0.121. The van der Waals surface area contributed by atoms with Crippen molar-refractivity contribution in [2.24, 2.45) is 5.73 Å². The van der Waals surface area contributed by atoms with Gasteiger partial charge in [0.1, 0.15) is 5.52 Å². The first-order valence-corrected chi connectivity index (χ1v) is 7.00. The Hall–Kier alpha value is -1.60. The molecule has 0 fully saturated rings. The second kappa shape index (κ2) is 8.88. The average Bonchev–Trinajstić information content (AvgIpc) is 2.91. The fraction of sp³-hybridized carbons (Fsp3) is 0.250. The van der Waals surface area contributed by atoms with Crippen molar-refractivity contribution in [2.45, 2.75) is 25.1 Å². The van der Waals surface area contributed by atoms with Crippen molar-refractivity contribution in [3.05, 3.63) is 60.2 Å². The van der Waals surface area contributed by atoms with Gasteiger partial charge in [-0.1, -0.05) is 47.7 Å². The van der Waals surface area contributed by atoms with Crippen LogP contribution in [0.5, 0.6) is 0 Å². The summed E-state index contributed by atoms with van der Waals surface area (Å²) in [5.74, 6) is 0. The fourth-order valence-electron chi connectivity index (χ4n) is 2.39. The molecule has 0 spiro atoms. The van der Waals surface area contributed by atoms with Crippen LogP contribution in [0.25, 0.3) is 11.0 Å². The first kappa shape index (κ1) is 19.4. The fourth-order valence-corrected chi connectivity index (χ4v) is 2.39. The van der Waals surface area contributed by atoms with Crippen LogP contribution in [0.3, 0.4) is 0 Å². The number of nitrogens with zero attached hydrogens (tertiary/aromatic N) is 3. The van der Waals surface area contributed by atoms with E-state index in [1.807, 2.05) is 54.6 Å². The summed E-state index contributed by atoms with van der Waals surface area (Å²) in [4.78, 5) is 0. The van der Waals surface area contributed by atoms with Gasteiger partial charge in [0.25, 0.3) is 0 Å². The standard InChI is InChI=1S/C16H18N4O.ClH.H2S/c17-13(10-12-6-2-1-3-7-12)16(21)11-20-15-9-5-4-8-14(15)18-19-20;;/h1-9,13,16,21H,10-11,17H2;1H;1H2/t13-,16+;;/m1../s1. The molecule has 3 rings (SSSR count). The lowest BCUT2D eigenvalue weighted by Gasteiger charge is -2.19. The highest BCUT2D eigenvalue weighted by Gasteiger charge is 2.17. The Balaban J connectivity index is 0.00000132. The van der Waals surface area contributed by atoms with Crippen molar-refractivity contribution in [1.29, 1.82) is 0 Å². The molecule has 0 aliphatic heterocycles. The highest BCUT2D eigenvalue weighted by Crippen LogP contribution is 2.12. The van der Waals surface area contributed by atoms with Crippen LogP contribution >= 0.6 is 25.9 Å². The van der Waals surface area contributed by atoms with Crippen LogP contribution in [0.2, 0.25) is 0 Å². The second-order valence-electron chi connectivity index (χ2n) is 5.18. The topological polar surface area (TPSA) is 77.0 Å². The maximum atomic E-state index is 10.3. The molecule has 3 N–H and O–H groups in total. The molecule has 1 aromatic heterocycles. The van der Waals surface area contributed by atoms with Crippen molar-refractivity contribution < 1.29 is 5.11 Å². The lowest BCUT2D eigenvalue weighted by atomic mass is 10.0. The molecule has 5 nitrogen and oxygen atoms in total. The predicted octanol–water partition coefficient (Wildman–Crippen LogP) is 1.90. The molecule has 1 heterocycles. The summed E-state index contributed by atoms with van der Waals surface area (Å²) in [6.07, 6.45) is -0.0374. The third kappa shape index (κ3) is 4.68. The number of rotatable bonds is 5. The van der Waals surface area contributed by atoms with Crippen LogP contribution < -0.4 is 5.73 Å². The molecular weight excluding hydrogens is 332 g/mol. The van der Waals surface area contributed by atoms with E-state index in [9.17, 15) is 5.11 Å². The average molecular weight is 353 g/mol. The van der Waals surface area contributed by atoms with E-state index in [4.69, 9.17) is 5.73 Å². The van der Waals surface area contributed by atoms with Crippen LogP contribution in [-0.2, 0) is 13.0 Å². The molecule has 0 saturated heterocycles. The van der Waals surface area contributed by atoms with E-state index >= 15 is 0 Å². The number of hydrogen-bond acceptors (Lipinski definition) is 4. The zero-order valence-electron chi connectivity index (χ0n) is 12.5. The van der Waals surface area contributed by atoms with E-state index in [0.29, 0.717) is 13.0 Å². The summed E-state index contributed by atoms with van der Waals surface area (Å²) in [5, 5.41) is 18.4. The predicted molar refractivity (Wildman–Crippen MR) is 99.3 cm³/mol. The third-order valence-corrected chi connectivity index (χ3v) is 3.59. The molecular formula is C16H21ClN4OS. The van der Waals surface area contributed by atoms with Crippen LogP contribution in [-0.4, -0.2) is 32.2 Å². The summed E-state index contributed by atoms with van der Waals surface area (Å²) < 4.78 is 1.70. The van der Waals surface area contributed by atoms with Gasteiger partial charge in [0.2, 0.25) is 0 Å². The smallest absolute Gasteiger partial charge is 0.113 e. The number of aliphatic hydroxyl groups is 1. The third-order valence-electron chi connectivity index (χ3n) is 3.59. The molecule has 0 aliphatic rings. The van der Waals surface area contributed by atoms with Gasteiger partial charge in [-0.15, -0.1) is 17.5 Å². The van der Waals surface area contributed by atoms with Gasteiger partial charge in [-0.2, -0.15) is 13.5 Å². The van der Waals surface area contributed by atoms with Crippen LogP contribution in [0.1, 0.15) is 5.56 Å². The monoisotopic (exact) mass is 352 g/mol. The van der Waals surface area contributed by atoms with Crippen LogP contribution in [0, 0.1) is 0 Å². The Morgan fingerprint density at radius 3 is 2.43 bits per heavy atom. The molecule has 124 valence electrons. The Morgan fingerprint density at radius 2 is 1.70 bits per heavy atom. The van der Waals surface area contributed by atoms with Crippen molar-refractivity contribution in [1.82, 2.24) is 15.0 Å². The Kier molecular flexibility index (Phi) is 7.51. The molecule has 2 atom stereocenters. The molecule has 0 unspecified atom stereocenters. The molecule has 0 amide bonds. The lowest BCUT2D eigenvalue weighted by Crippen LogP contribution is -2.39. The van der Waals surface area contributed by atoms with Gasteiger partial charge in [0, 0.05) is 6.04 Å². The van der Waals surface area contributed by atoms with Crippen molar-refractivity contribution in [3.8, 4) is 0 Å². The van der Waals surface area contributed by atoms with Crippen molar-refractivity contribution in [3.63, 3.8) is 0 Å². The van der Waals surface area contributed by atoms with E-state index in [-0.39, 0.29) is 31.9 Å². The molecule has 2 aromatic carbocycles. The number of halogens is 1. The van der Waals surface area contributed by atoms with E-state index < -0.39 is 6.10 Å². The molecule has 0 saturated carbocycles. The SMILES string of the molecule is Cl.N[C@H](Cc1ccccc1)[C@@H](O)Cn1nnc2ccccc21.S. The Labute approximate surface area is 148 Å². The van der Waals surface area contributed by atoms with Gasteiger partial charge in [-0.25, -0.2) is 4.68 Å². The first-order valence-electron chi connectivity index (χ1n) is 7.00. The maximum Gasteiger partial charge on any atom is 0.113 e. The van der Waals surface area contributed by atoms with Gasteiger partial charge in [-0.3, -0.25) is 0 Å². The normalized spacial score (nSPS) is 13.0. The van der Waals surface area contributed by atoms with Gasteiger partial charge >= 0.3 is 0 Å². The van der Waals surface area contributed by atoms with Crippen molar-refractivity contribution >= 4 is 36.9 Å². The number of nitrogens with two attached hydrogens (primary N) is 1. The van der Waals surface area contributed by atoms with Crippen LogP contribution in [0.4, 0.5) is 0 Å². The largest absolute Gasteiger partial charge is 0.390 e. The molecule has 0 bridgehead atoms. The van der Waals surface area contributed by atoms with E-state index in [2.05, 4.69) is 10.3 Å². The summed E-state index contributed by atoms with van der Waals surface area (Å²) in [5.41, 5.74) is 8.94. The summed E-state index contributed by atoms with van der Waals surface area (Å²) >= 11 is 0. The van der Waals surface area contributed by atoms with Gasteiger partial charge in [-0.05, 0) is 24.1 Å². The van der Waals surface area contributed by atoms with E-state index in [1.165, 1.54) is 0 Å². The number of hydrogen-bond donors (Lipinski definition) is 2. The molecule has 0 aliphatic carbocycles. The zero-order valence-corrected chi connectivity index (χ0v) is 14.4. The van der Waals surface area contributed by atoms with Crippen molar-refractivity contribution in [2.75, 3.05) is 0 Å². The molecule has 7 heteroatoms. The summed E-state index contributed by atoms with van der Waals surface area (Å²) in [6.45, 7) is 0.342. The zero-order chi connectivity index (χ0) is 14.7. The van der Waals surface area contributed by atoms with E-state index in [0.717, 1.165) is 16.6 Å². The highest BCUT2D eigenvalue weighted by molar-refractivity contribution is 7.59. The van der Waals surface area contributed by atoms with Crippen LogP contribution in [0.15, 0.2) is 54.6 Å². The number of aromatic nitrogens is 3. The maximum absolute atomic E-state index is 10.3. The second-order valence-corrected chi connectivity index (χ2v) is 5.18. The molecule has 3 aromatic rings. The van der Waals surface area contributed by atoms with Gasteiger partial charge < -0.3 is 10.8 Å². The minimum absolute atomic E-state index is 0. The molecule has 23 heavy (non-hydrogen) atoms. The van der Waals surface area contributed by atoms with Gasteiger partial charge in [0.15, 0.2) is 0 Å². The number of benzene rings is 2. The summed E-state index contributed by atoms with van der Waals surface area (Å²) in [6, 6.07) is 17.3. The molecule has 0 radical (unpaired) electrons.